The Hall–Kier alpha value is -3.28. The van der Waals surface area contributed by atoms with Crippen molar-refractivity contribution in [2.24, 2.45) is 0 Å². The summed E-state index contributed by atoms with van der Waals surface area (Å²) >= 11 is 0. The van der Waals surface area contributed by atoms with Crippen molar-refractivity contribution in [3.8, 4) is 17.1 Å². The van der Waals surface area contributed by atoms with Crippen molar-refractivity contribution < 1.29 is 32.5 Å². The first-order valence-corrected chi connectivity index (χ1v) is 11.8. The Morgan fingerprint density at radius 1 is 1.16 bits per heavy atom. The largest absolute Gasteiger partial charge is 0.494 e. The summed E-state index contributed by atoms with van der Waals surface area (Å²) in [7, 11) is 1.21. The van der Waals surface area contributed by atoms with Gasteiger partial charge in [0.25, 0.3) is 6.43 Å². The zero-order valence-corrected chi connectivity index (χ0v) is 20.2. The van der Waals surface area contributed by atoms with Crippen molar-refractivity contribution in [3.05, 3.63) is 71.6 Å². The highest BCUT2D eigenvalue weighted by atomic mass is 19.3. The summed E-state index contributed by atoms with van der Waals surface area (Å²) in [6.07, 6.45) is -2.82. The lowest BCUT2D eigenvalue weighted by Crippen LogP contribution is -2.65. The molecule has 3 N–H and O–H groups in total. The number of methoxy groups -OCH3 is 1. The van der Waals surface area contributed by atoms with E-state index in [2.05, 4.69) is 15.3 Å². The average Bonchev–Trinajstić information content (AvgIpc) is 2.92. The number of anilines is 1. The van der Waals surface area contributed by atoms with E-state index in [1.165, 1.54) is 13.3 Å². The van der Waals surface area contributed by atoms with Gasteiger partial charge in [0.15, 0.2) is 17.4 Å². The number of aliphatic hydroxyl groups excluding tert-OH is 2. The second-order valence-electron chi connectivity index (χ2n) is 8.95. The van der Waals surface area contributed by atoms with Gasteiger partial charge in [-0.3, -0.25) is 0 Å². The van der Waals surface area contributed by atoms with Gasteiger partial charge in [0.2, 0.25) is 0 Å². The predicted octanol–water partition coefficient (Wildman–Crippen LogP) is 3.68. The van der Waals surface area contributed by atoms with Crippen molar-refractivity contribution in [1.82, 2.24) is 15.3 Å². The number of piperidine rings is 1. The quantitative estimate of drug-likeness (QED) is 0.371. The van der Waals surface area contributed by atoms with Crippen LogP contribution in [0.1, 0.15) is 24.1 Å². The van der Waals surface area contributed by atoms with Gasteiger partial charge in [-0.1, -0.05) is 30.3 Å². The Morgan fingerprint density at radius 2 is 1.92 bits per heavy atom. The van der Waals surface area contributed by atoms with Gasteiger partial charge in [0.05, 0.1) is 42.4 Å². The van der Waals surface area contributed by atoms with Gasteiger partial charge in [0.1, 0.15) is 11.9 Å². The van der Waals surface area contributed by atoms with E-state index in [1.54, 1.807) is 4.90 Å². The molecular weight excluding hydrogens is 492 g/mol. The molecule has 4 rings (SSSR count). The standard InChI is InChI=1S/C26H28F4N4O3/c1-37-22-11-18(27)17(10-19(22)28)25-31-13-21(20(14-35)33-25)34-9-5-8-26(15-34,23(36)24(29)30)32-12-16-6-3-2-4-7-16/h2-4,6-7,10-11,13,23-24,32,35-36H,5,8-9,12,14-15H2,1H3. The minimum absolute atomic E-state index is 0.00737. The smallest absolute Gasteiger partial charge is 0.265 e. The lowest BCUT2D eigenvalue weighted by molar-refractivity contribution is -0.0658. The normalized spacial score (nSPS) is 18.8. The maximum absolute atomic E-state index is 14.6. The fourth-order valence-corrected chi connectivity index (χ4v) is 4.67. The number of benzene rings is 2. The van der Waals surface area contributed by atoms with Crippen molar-refractivity contribution in [3.63, 3.8) is 0 Å². The van der Waals surface area contributed by atoms with E-state index >= 15 is 0 Å². The first-order chi connectivity index (χ1) is 17.8. The van der Waals surface area contributed by atoms with Crippen LogP contribution in [0.2, 0.25) is 0 Å². The van der Waals surface area contributed by atoms with Gasteiger partial charge in [-0.15, -0.1) is 0 Å². The van der Waals surface area contributed by atoms with Crippen LogP contribution in [0.5, 0.6) is 5.75 Å². The highest BCUT2D eigenvalue weighted by Gasteiger charge is 2.46. The van der Waals surface area contributed by atoms with Crippen molar-refractivity contribution in [2.75, 3.05) is 25.1 Å². The van der Waals surface area contributed by atoms with E-state index in [9.17, 15) is 27.8 Å². The van der Waals surface area contributed by atoms with Crippen molar-refractivity contribution >= 4 is 5.69 Å². The topological polar surface area (TPSA) is 90.7 Å². The first kappa shape index (κ1) is 26.8. The summed E-state index contributed by atoms with van der Waals surface area (Å²) in [5, 5.41) is 23.7. The van der Waals surface area contributed by atoms with Crippen LogP contribution < -0.4 is 15.0 Å². The van der Waals surface area contributed by atoms with Crippen molar-refractivity contribution in [2.45, 2.75) is 44.1 Å². The highest BCUT2D eigenvalue weighted by Crippen LogP contribution is 2.34. The summed E-state index contributed by atoms with van der Waals surface area (Å²) in [6.45, 7) is 0.144. The molecule has 7 nitrogen and oxygen atoms in total. The molecular formula is C26H28F4N4O3. The second-order valence-corrected chi connectivity index (χ2v) is 8.95. The van der Waals surface area contributed by atoms with Gasteiger partial charge in [-0.25, -0.2) is 27.5 Å². The molecule has 1 fully saturated rings. The summed E-state index contributed by atoms with van der Waals surface area (Å²) in [5.41, 5.74) is -0.222. The molecule has 0 aliphatic carbocycles. The predicted molar refractivity (Wildman–Crippen MR) is 129 cm³/mol. The number of hydrogen-bond donors (Lipinski definition) is 3. The fraction of sp³-hybridized carbons (Fsp3) is 0.385. The third-order valence-corrected chi connectivity index (χ3v) is 6.63. The number of nitrogens with zero attached hydrogens (tertiary/aromatic N) is 3. The molecule has 37 heavy (non-hydrogen) atoms. The van der Waals surface area contributed by atoms with Crippen LogP contribution in [0, 0.1) is 11.6 Å². The molecule has 0 amide bonds. The minimum atomic E-state index is -2.98. The fourth-order valence-electron chi connectivity index (χ4n) is 4.67. The van der Waals surface area contributed by atoms with Crippen LogP contribution in [0.3, 0.4) is 0 Å². The Bertz CT molecular complexity index is 1220. The van der Waals surface area contributed by atoms with Crippen LogP contribution >= 0.6 is 0 Å². The molecule has 0 spiro atoms. The number of hydrogen-bond acceptors (Lipinski definition) is 7. The van der Waals surface area contributed by atoms with E-state index in [0.717, 1.165) is 17.7 Å². The first-order valence-electron chi connectivity index (χ1n) is 11.8. The Kier molecular flexibility index (Phi) is 8.25. The number of alkyl halides is 2. The molecule has 0 radical (unpaired) electrons. The average molecular weight is 521 g/mol. The summed E-state index contributed by atoms with van der Waals surface area (Å²) in [4.78, 5) is 10.1. The lowest BCUT2D eigenvalue weighted by Gasteiger charge is -2.47. The molecule has 3 aromatic rings. The SMILES string of the molecule is COc1cc(F)c(-c2ncc(N3CCCC(NCc4ccccc4)(C(O)C(F)F)C3)c(CO)n2)cc1F. The van der Waals surface area contributed by atoms with Gasteiger partial charge < -0.3 is 25.2 Å². The Morgan fingerprint density at radius 3 is 2.59 bits per heavy atom. The van der Waals surface area contributed by atoms with Crippen LogP contribution in [-0.4, -0.2) is 58.4 Å². The molecule has 198 valence electrons. The van der Waals surface area contributed by atoms with E-state index in [-0.39, 0.29) is 35.9 Å². The summed E-state index contributed by atoms with van der Waals surface area (Å²) in [6, 6.07) is 11.0. The van der Waals surface area contributed by atoms with Crippen LogP contribution in [0.15, 0.2) is 48.7 Å². The number of aromatic nitrogens is 2. The third kappa shape index (κ3) is 5.68. The molecule has 1 aromatic heterocycles. The number of halogens is 4. The molecule has 11 heteroatoms. The lowest BCUT2D eigenvalue weighted by atomic mass is 9.83. The van der Waals surface area contributed by atoms with Crippen LogP contribution in [0.4, 0.5) is 23.2 Å². The van der Waals surface area contributed by atoms with Crippen LogP contribution in [0.25, 0.3) is 11.4 Å². The Labute approximate surface area is 211 Å². The molecule has 1 aliphatic rings. The molecule has 2 aromatic carbocycles. The van der Waals surface area contributed by atoms with Crippen LogP contribution in [-0.2, 0) is 13.2 Å². The molecule has 2 atom stereocenters. The van der Waals surface area contributed by atoms with E-state index in [4.69, 9.17) is 4.74 Å². The molecule has 1 saturated heterocycles. The molecule has 0 bridgehead atoms. The minimum Gasteiger partial charge on any atom is -0.494 e. The third-order valence-electron chi connectivity index (χ3n) is 6.63. The summed E-state index contributed by atoms with van der Waals surface area (Å²) < 4.78 is 61.1. The van der Waals surface area contributed by atoms with Gasteiger partial charge in [-0.05, 0) is 24.5 Å². The van der Waals surface area contributed by atoms with Gasteiger partial charge in [-0.2, -0.15) is 0 Å². The maximum Gasteiger partial charge on any atom is 0.265 e. The molecule has 2 heterocycles. The van der Waals surface area contributed by atoms with Gasteiger partial charge in [0, 0.05) is 25.7 Å². The van der Waals surface area contributed by atoms with Gasteiger partial charge >= 0.3 is 0 Å². The van der Waals surface area contributed by atoms with E-state index < -0.39 is 36.3 Å². The highest BCUT2D eigenvalue weighted by molar-refractivity contribution is 5.61. The maximum atomic E-state index is 14.6. The number of nitrogens with one attached hydrogen (secondary N) is 1. The second kappa shape index (κ2) is 11.4. The molecule has 0 saturated carbocycles. The van der Waals surface area contributed by atoms with E-state index in [1.807, 2.05) is 30.3 Å². The number of aliphatic hydroxyl groups is 2. The zero-order chi connectivity index (χ0) is 26.6. The number of ether oxygens (including phenoxy) is 1. The molecule has 2 unspecified atom stereocenters. The number of rotatable bonds is 9. The monoisotopic (exact) mass is 520 g/mol. The van der Waals surface area contributed by atoms with Crippen molar-refractivity contribution in [1.29, 1.82) is 0 Å². The molecule has 1 aliphatic heterocycles. The Balaban J connectivity index is 1.64. The van der Waals surface area contributed by atoms with E-state index in [0.29, 0.717) is 25.1 Å². The zero-order valence-electron chi connectivity index (χ0n) is 20.2. The summed E-state index contributed by atoms with van der Waals surface area (Å²) in [5.74, 6) is -2.03.